The summed E-state index contributed by atoms with van der Waals surface area (Å²) in [6, 6.07) is 6.91. The number of piperidine rings is 1. The molecular formula is C16H24F2N2O. The van der Waals surface area contributed by atoms with Gasteiger partial charge in [0.2, 0.25) is 0 Å². The SMILES string of the molecule is CCC1CCN(C(CN)c2ccccc2OC(F)F)CC1. The lowest BCUT2D eigenvalue weighted by atomic mass is 9.92. The van der Waals surface area contributed by atoms with Crippen LogP contribution in [-0.2, 0) is 0 Å². The Morgan fingerprint density at radius 3 is 2.52 bits per heavy atom. The summed E-state index contributed by atoms with van der Waals surface area (Å²) in [4.78, 5) is 2.29. The first-order valence-corrected chi connectivity index (χ1v) is 7.63. The van der Waals surface area contributed by atoms with Crippen LogP contribution in [0.25, 0.3) is 0 Å². The third kappa shape index (κ3) is 4.14. The first-order valence-electron chi connectivity index (χ1n) is 7.63. The van der Waals surface area contributed by atoms with Crippen LogP contribution in [0.1, 0.15) is 37.8 Å². The molecule has 0 radical (unpaired) electrons. The summed E-state index contributed by atoms with van der Waals surface area (Å²) < 4.78 is 29.7. The summed E-state index contributed by atoms with van der Waals surface area (Å²) in [5.74, 6) is 1.01. The topological polar surface area (TPSA) is 38.5 Å². The molecule has 0 aliphatic carbocycles. The molecule has 0 spiro atoms. The Balaban J connectivity index is 2.14. The van der Waals surface area contributed by atoms with Gasteiger partial charge in [0.1, 0.15) is 5.75 Å². The lowest BCUT2D eigenvalue weighted by Crippen LogP contribution is -2.40. The van der Waals surface area contributed by atoms with Gasteiger partial charge in [-0.15, -0.1) is 0 Å². The molecule has 0 aromatic heterocycles. The molecule has 1 aliphatic heterocycles. The number of para-hydroxylation sites is 1. The second kappa shape index (κ2) is 7.71. The van der Waals surface area contributed by atoms with Gasteiger partial charge in [-0.25, -0.2) is 0 Å². The van der Waals surface area contributed by atoms with Crippen molar-refractivity contribution in [2.24, 2.45) is 11.7 Å². The van der Waals surface area contributed by atoms with Crippen LogP contribution in [0.15, 0.2) is 24.3 Å². The quantitative estimate of drug-likeness (QED) is 0.874. The van der Waals surface area contributed by atoms with Crippen molar-refractivity contribution in [2.75, 3.05) is 19.6 Å². The molecule has 2 rings (SSSR count). The van der Waals surface area contributed by atoms with Gasteiger partial charge in [-0.05, 0) is 37.9 Å². The smallest absolute Gasteiger partial charge is 0.387 e. The van der Waals surface area contributed by atoms with Crippen molar-refractivity contribution in [2.45, 2.75) is 38.8 Å². The van der Waals surface area contributed by atoms with Gasteiger partial charge in [0, 0.05) is 12.1 Å². The lowest BCUT2D eigenvalue weighted by molar-refractivity contribution is -0.0513. The number of hydrogen-bond donors (Lipinski definition) is 1. The average molecular weight is 298 g/mol. The fourth-order valence-electron chi connectivity index (χ4n) is 3.10. The van der Waals surface area contributed by atoms with E-state index in [-0.39, 0.29) is 11.8 Å². The Morgan fingerprint density at radius 2 is 1.95 bits per heavy atom. The van der Waals surface area contributed by atoms with Gasteiger partial charge >= 0.3 is 6.61 Å². The highest BCUT2D eigenvalue weighted by atomic mass is 19.3. The van der Waals surface area contributed by atoms with Gasteiger partial charge < -0.3 is 10.5 Å². The molecule has 1 aromatic carbocycles. The fraction of sp³-hybridized carbons (Fsp3) is 0.625. The van der Waals surface area contributed by atoms with Gasteiger partial charge in [0.15, 0.2) is 0 Å². The van der Waals surface area contributed by atoms with Crippen molar-refractivity contribution in [1.29, 1.82) is 0 Å². The van der Waals surface area contributed by atoms with Crippen molar-refractivity contribution >= 4 is 0 Å². The van der Waals surface area contributed by atoms with Gasteiger partial charge in [0.25, 0.3) is 0 Å². The van der Waals surface area contributed by atoms with E-state index in [0.717, 1.165) is 37.4 Å². The predicted molar refractivity (Wildman–Crippen MR) is 79.5 cm³/mol. The number of ether oxygens (including phenoxy) is 1. The molecule has 0 bridgehead atoms. The zero-order valence-electron chi connectivity index (χ0n) is 12.5. The van der Waals surface area contributed by atoms with E-state index in [0.29, 0.717) is 6.54 Å². The fourth-order valence-corrected chi connectivity index (χ4v) is 3.10. The maximum Gasteiger partial charge on any atom is 0.387 e. The molecule has 1 heterocycles. The van der Waals surface area contributed by atoms with E-state index in [4.69, 9.17) is 5.73 Å². The molecule has 0 amide bonds. The third-order valence-electron chi connectivity index (χ3n) is 4.38. The number of rotatable bonds is 6. The number of likely N-dealkylation sites (tertiary alicyclic amines) is 1. The van der Waals surface area contributed by atoms with E-state index < -0.39 is 6.61 Å². The second-order valence-electron chi connectivity index (χ2n) is 5.56. The summed E-state index contributed by atoms with van der Waals surface area (Å²) >= 11 is 0. The maximum absolute atomic E-state index is 12.5. The van der Waals surface area contributed by atoms with Crippen molar-refractivity contribution in [3.8, 4) is 5.75 Å². The molecule has 3 nitrogen and oxygen atoms in total. The molecule has 1 fully saturated rings. The Bertz CT molecular complexity index is 434. The maximum atomic E-state index is 12.5. The molecule has 0 saturated carbocycles. The summed E-state index contributed by atoms with van der Waals surface area (Å²) in [5.41, 5.74) is 6.68. The van der Waals surface area contributed by atoms with Crippen molar-refractivity contribution in [3.63, 3.8) is 0 Å². The summed E-state index contributed by atoms with van der Waals surface area (Å²) in [6.45, 7) is 1.73. The number of benzene rings is 1. The van der Waals surface area contributed by atoms with Crippen LogP contribution in [-0.4, -0.2) is 31.1 Å². The van der Waals surface area contributed by atoms with Gasteiger partial charge in [-0.1, -0.05) is 31.5 Å². The van der Waals surface area contributed by atoms with Crippen LogP contribution < -0.4 is 10.5 Å². The molecule has 21 heavy (non-hydrogen) atoms. The normalized spacial score (nSPS) is 18.9. The summed E-state index contributed by atoms with van der Waals surface area (Å²) in [6.07, 6.45) is 3.49. The third-order valence-corrected chi connectivity index (χ3v) is 4.38. The lowest BCUT2D eigenvalue weighted by Gasteiger charge is -2.37. The molecule has 2 N–H and O–H groups in total. The highest BCUT2D eigenvalue weighted by molar-refractivity contribution is 5.36. The van der Waals surface area contributed by atoms with Gasteiger partial charge in [-0.2, -0.15) is 8.78 Å². The monoisotopic (exact) mass is 298 g/mol. The minimum atomic E-state index is -2.81. The zero-order valence-corrected chi connectivity index (χ0v) is 12.5. The number of hydrogen-bond acceptors (Lipinski definition) is 3. The number of nitrogens with zero attached hydrogens (tertiary/aromatic N) is 1. The molecule has 1 aliphatic rings. The molecule has 5 heteroatoms. The second-order valence-corrected chi connectivity index (χ2v) is 5.56. The molecule has 1 aromatic rings. The highest BCUT2D eigenvalue weighted by Gasteiger charge is 2.27. The minimum Gasteiger partial charge on any atom is -0.434 e. The van der Waals surface area contributed by atoms with E-state index in [1.165, 1.54) is 6.42 Å². The first kappa shape index (κ1) is 16.2. The van der Waals surface area contributed by atoms with Crippen LogP contribution in [0.3, 0.4) is 0 Å². The van der Waals surface area contributed by atoms with Gasteiger partial charge in [0.05, 0.1) is 6.04 Å². The Kier molecular flexibility index (Phi) is 5.94. The van der Waals surface area contributed by atoms with Gasteiger partial charge in [-0.3, -0.25) is 4.90 Å². The zero-order chi connectivity index (χ0) is 15.2. The number of halogens is 2. The standard InChI is InChI=1S/C16H24F2N2O/c1-2-12-7-9-20(10-8-12)14(11-19)13-5-3-4-6-15(13)21-16(17)18/h3-6,12,14,16H,2,7-11,19H2,1H3. The van der Waals surface area contributed by atoms with Crippen molar-refractivity contribution in [1.82, 2.24) is 4.90 Å². The minimum absolute atomic E-state index is 0.0576. The van der Waals surface area contributed by atoms with E-state index >= 15 is 0 Å². The Hall–Kier alpha value is -1.20. The van der Waals surface area contributed by atoms with Crippen LogP contribution >= 0.6 is 0 Å². The largest absolute Gasteiger partial charge is 0.434 e. The summed E-state index contributed by atoms with van der Waals surface area (Å²) in [7, 11) is 0. The van der Waals surface area contributed by atoms with E-state index in [9.17, 15) is 8.78 Å². The van der Waals surface area contributed by atoms with E-state index in [1.807, 2.05) is 12.1 Å². The average Bonchev–Trinajstić information content (AvgIpc) is 2.50. The Morgan fingerprint density at radius 1 is 1.29 bits per heavy atom. The Labute approximate surface area is 125 Å². The van der Waals surface area contributed by atoms with Crippen LogP contribution in [0, 0.1) is 5.92 Å². The number of alkyl halides is 2. The van der Waals surface area contributed by atoms with E-state index in [1.54, 1.807) is 12.1 Å². The van der Waals surface area contributed by atoms with Crippen LogP contribution in [0.5, 0.6) is 5.75 Å². The van der Waals surface area contributed by atoms with Crippen molar-refractivity contribution < 1.29 is 13.5 Å². The molecular weight excluding hydrogens is 274 g/mol. The molecule has 118 valence electrons. The first-order chi connectivity index (χ1) is 10.2. The van der Waals surface area contributed by atoms with E-state index in [2.05, 4.69) is 16.6 Å². The molecule has 1 unspecified atom stereocenters. The highest BCUT2D eigenvalue weighted by Crippen LogP contribution is 2.33. The number of nitrogens with two attached hydrogens (primary N) is 1. The van der Waals surface area contributed by atoms with Crippen molar-refractivity contribution in [3.05, 3.63) is 29.8 Å². The summed E-state index contributed by atoms with van der Waals surface area (Å²) in [5, 5.41) is 0. The molecule has 1 saturated heterocycles. The van der Waals surface area contributed by atoms with Crippen LogP contribution in [0.2, 0.25) is 0 Å². The van der Waals surface area contributed by atoms with Crippen LogP contribution in [0.4, 0.5) is 8.78 Å². The molecule has 1 atom stereocenters. The predicted octanol–water partition coefficient (Wildman–Crippen LogP) is 3.41.